The van der Waals surface area contributed by atoms with Crippen LogP contribution in [0.5, 0.6) is 0 Å². The van der Waals surface area contributed by atoms with Crippen LogP contribution in [0.4, 0.5) is 0 Å². The molecular weight excluding hydrogens is 549 g/mol. The minimum absolute atomic E-state index is 0.0658. The van der Waals surface area contributed by atoms with Crippen molar-refractivity contribution < 1.29 is 0 Å². The Morgan fingerprint density at radius 2 is 0.955 bits per heavy atom. The summed E-state index contributed by atoms with van der Waals surface area (Å²) in [5.74, 6) is 0. The zero-order valence-corrected chi connectivity index (χ0v) is 25.6. The van der Waals surface area contributed by atoms with Gasteiger partial charge in [-0.25, -0.2) is 0 Å². The van der Waals surface area contributed by atoms with E-state index in [9.17, 15) is 0 Å². The highest BCUT2D eigenvalue weighted by Gasteiger charge is 2.39. The molecule has 0 amide bonds. The third-order valence-electron chi connectivity index (χ3n) is 9.64. The van der Waals surface area contributed by atoms with E-state index in [4.69, 9.17) is 0 Å². The fourth-order valence-corrected chi connectivity index (χ4v) is 9.04. The van der Waals surface area contributed by atoms with E-state index in [1.54, 1.807) is 0 Å². The van der Waals surface area contributed by atoms with Gasteiger partial charge in [0.15, 0.2) is 0 Å². The molecule has 0 N–H and O–H groups in total. The van der Waals surface area contributed by atoms with Crippen molar-refractivity contribution in [2.45, 2.75) is 19.3 Å². The quantitative estimate of drug-likeness (QED) is 0.183. The van der Waals surface area contributed by atoms with Crippen LogP contribution in [0.25, 0.3) is 75.5 Å². The summed E-state index contributed by atoms with van der Waals surface area (Å²) in [5.41, 5.74) is 11.9. The second kappa shape index (κ2) is 9.51. The van der Waals surface area contributed by atoms with Gasteiger partial charge in [0.05, 0.1) is 0 Å². The highest BCUT2D eigenvalue weighted by atomic mass is 32.1. The largest absolute Gasteiger partial charge is 0.135 e. The molecule has 0 aliphatic heterocycles. The Bertz CT molecular complexity index is 2350. The van der Waals surface area contributed by atoms with E-state index in [0.29, 0.717) is 0 Å². The lowest BCUT2D eigenvalue weighted by Crippen LogP contribution is -2.15. The van der Waals surface area contributed by atoms with Crippen molar-refractivity contribution in [1.29, 1.82) is 0 Å². The average Bonchev–Trinajstić information content (AvgIpc) is 3.57. The molecular formula is C43H30S. The molecule has 8 aromatic rings. The van der Waals surface area contributed by atoms with Crippen molar-refractivity contribution in [3.63, 3.8) is 0 Å². The predicted octanol–water partition coefficient (Wildman–Crippen LogP) is 12.5. The molecule has 0 radical (unpaired) electrons. The predicted molar refractivity (Wildman–Crippen MR) is 191 cm³/mol. The first-order valence-corrected chi connectivity index (χ1v) is 16.2. The van der Waals surface area contributed by atoms with Crippen LogP contribution in [-0.2, 0) is 5.41 Å². The van der Waals surface area contributed by atoms with Gasteiger partial charge in [0, 0.05) is 15.0 Å². The van der Waals surface area contributed by atoms with Crippen molar-refractivity contribution in [2.24, 2.45) is 0 Å². The van der Waals surface area contributed by atoms with E-state index in [0.717, 1.165) is 0 Å². The number of hydrogen-bond acceptors (Lipinski definition) is 1. The lowest BCUT2D eigenvalue weighted by Gasteiger charge is -2.23. The van der Waals surface area contributed by atoms with Crippen molar-refractivity contribution in [2.75, 3.05) is 0 Å². The number of fused-ring (bicyclic) bond motifs is 7. The third-order valence-corrected chi connectivity index (χ3v) is 10.8. The van der Waals surface area contributed by atoms with Crippen LogP contribution in [0.1, 0.15) is 25.0 Å². The van der Waals surface area contributed by atoms with Crippen molar-refractivity contribution in [3.8, 4) is 43.8 Å². The standard InChI is InChI=1S/C43H30S/c1-43(2)37-26-30(23-24-35(37)42-41(43)36-21-10-11-22-38(36)44-42)40-33-19-8-6-17-31(33)39(32-18-7-9-20-34(32)40)29-16-12-15-28(25-29)27-13-4-3-5-14-27/h3-26H,1-2H3. The van der Waals surface area contributed by atoms with Gasteiger partial charge < -0.3 is 0 Å². The molecule has 1 aromatic heterocycles. The molecule has 9 rings (SSSR count). The zero-order chi connectivity index (χ0) is 29.4. The Balaban J connectivity index is 1.30. The monoisotopic (exact) mass is 578 g/mol. The van der Waals surface area contributed by atoms with E-state index in [1.165, 1.54) is 86.6 Å². The average molecular weight is 579 g/mol. The van der Waals surface area contributed by atoms with Crippen molar-refractivity contribution in [3.05, 3.63) is 157 Å². The molecule has 7 aromatic carbocycles. The second-order valence-corrected chi connectivity index (χ2v) is 13.5. The van der Waals surface area contributed by atoms with Gasteiger partial charge in [0.25, 0.3) is 0 Å². The Kier molecular flexibility index (Phi) is 5.51. The summed E-state index contributed by atoms with van der Waals surface area (Å²) in [5, 5.41) is 6.56. The van der Waals surface area contributed by atoms with Gasteiger partial charge in [-0.1, -0.05) is 141 Å². The Hall–Kier alpha value is -4.98. The highest BCUT2D eigenvalue weighted by molar-refractivity contribution is 7.22. The molecule has 1 heterocycles. The van der Waals surface area contributed by atoms with E-state index in [1.807, 2.05) is 11.3 Å². The van der Waals surface area contributed by atoms with Gasteiger partial charge in [-0.15, -0.1) is 11.3 Å². The van der Waals surface area contributed by atoms with Gasteiger partial charge in [0.1, 0.15) is 0 Å². The molecule has 0 atom stereocenters. The van der Waals surface area contributed by atoms with Gasteiger partial charge in [-0.3, -0.25) is 0 Å². The first-order chi connectivity index (χ1) is 21.6. The van der Waals surface area contributed by atoms with Crippen molar-refractivity contribution >= 4 is 43.0 Å². The third kappa shape index (κ3) is 3.63. The lowest BCUT2D eigenvalue weighted by atomic mass is 9.79. The Morgan fingerprint density at radius 1 is 0.432 bits per heavy atom. The van der Waals surface area contributed by atoms with E-state index >= 15 is 0 Å². The smallest absolute Gasteiger partial charge is 0.0399 e. The van der Waals surface area contributed by atoms with Crippen LogP contribution < -0.4 is 0 Å². The van der Waals surface area contributed by atoms with Gasteiger partial charge in [0.2, 0.25) is 0 Å². The van der Waals surface area contributed by atoms with Gasteiger partial charge in [-0.05, 0) is 95.2 Å². The molecule has 1 heteroatoms. The van der Waals surface area contributed by atoms with Crippen LogP contribution in [0, 0.1) is 0 Å². The van der Waals surface area contributed by atoms with Gasteiger partial charge >= 0.3 is 0 Å². The normalized spacial score (nSPS) is 13.4. The first kappa shape index (κ1) is 25.5. The van der Waals surface area contributed by atoms with Crippen LogP contribution in [0.3, 0.4) is 0 Å². The van der Waals surface area contributed by atoms with Crippen LogP contribution in [0.2, 0.25) is 0 Å². The summed E-state index contributed by atoms with van der Waals surface area (Å²) in [6.45, 7) is 4.80. The molecule has 208 valence electrons. The van der Waals surface area contributed by atoms with Crippen LogP contribution in [0.15, 0.2) is 146 Å². The number of benzene rings is 7. The SMILES string of the molecule is CC1(C)c2cc(-c3c4ccccc4c(-c4cccc(-c5ccccc5)c4)c4ccccc34)ccc2-c2sc3ccccc3c21. The minimum atomic E-state index is -0.0658. The van der Waals surface area contributed by atoms with E-state index in [2.05, 4.69) is 159 Å². The molecule has 0 unspecified atom stereocenters. The Morgan fingerprint density at radius 3 is 1.61 bits per heavy atom. The second-order valence-electron chi connectivity index (χ2n) is 12.5. The Labute approximate surface area is 261 Å². The number of rotatable bonds is 3. The summed E-state index contributed by atoms with van der Waals surface area (Å²) in [7, 11) is 0. The van der Waals surface area contributed by atoms with E-state index < -0.39 is 0 Å². The van der Waals surface area contributed by atoms with E-state index in [-0.39, 0.29) is 5.41 Å². The highest BCUT2D eigenvalue weighted by Crippen LogP contribution is 2.56. The molecule has 0 nitrogen and oxygen atoms in total. The molecule has 0 spiro atoms. The zero-order valence-electron chi connectivity index (χ0n) is 24.8. The van der Waals surface area contributed by atoms with Crippen molar-refractivity contribution in [1.82, 2.24) is 0 Å². The number of hydrogen-bond donors (Lipinski definition) is 0. The summed E-state index contributed by atoms with van der Waals surface area (Å²) < 4.78 is 1.38. The molecule has 1 aliphatic carbocycles. The molecule has 0 saturated carbocycles. The number of thiophene rings is 1. The minimum Gasteiger partial charge on any atom is -0.135 e. The topological polar surface area (TPSA) is 0 Å². The van der Waals surface area contributed by atoms with Crippen LogP contribution in [-0.4, -0.2) is 0 Å². The molecule has 1 aliphatic rings. The molecule has 0 fully saturated rings. The van der Waals surface area contributed by atoms with Gasteiger partial charge in [-0.2, -0.15) is 0 Å². The molecule has 0 saturated heterocycles. The summed E-state index contributed by atoms with van der Waals surface area (Å²) in [6, 6.07) is 53.8. The maximum absolute atomic E-state index is 2.49. The summed E-state index contributed by atoms with van der Waals surface area (Å²) in [4.78, 5) is 1.43. The summed E-state index contributed by atoms with van der Waals surface area (Å²) in [6.07, 6.45) is 0. The van der Waals surface area contributed by atoms with Crippen LogP contribution >= 0.6 is 11.3 Å². The summed E-state index contributed by atoms with van der Waals surface area (Å²) >= 11 is 1.94. The maximum atomic E-state index is 2.49. The fourth-order valence-electron chi connectivity index (χ4n) is 7.64. The maximum Gasteiger partial charge on any atom is 0.0399 e. The molecule has 0 bridgehead atoms. The lowest BCUT2D eigenvalue weighted by molar-refractivity contribution is 0.667. The first-order valence-electron chi connectivity index (χ1n) is 15.4. The fraction of sp³-hybridized carbons (Fsp3) is 0.0698. The molecule has 44 heavy (non-hydrogen) atoms.